The van der Waals surface area contributed by atoms with Gasteiger partial charge in [-0.2, -0.15) is 5.10 Å². The smallest absolute Gasteiger partial charge is 0.341 e. The van der Waals surface area contributed by atoms with Gasteiger partial charge in [0, 0.05) is 16.7 Å². The lowest BCUT2D eigenvalue weighted by Crippen LogP contribution is -2.13. The van der Waals surface area contributed by atoms with Crippen LogP contribution in [0.25, 0.3) is 22.5 Å². The first kappa shape index (κ1) is 25.0. The lowest BCUT2D eigenvalue weighted by molar-refractivity contribution is -0.139. The normalized spacial score (nSPS) is 11.4. The summed E-state index contributed by atoms with van der Waals surface area (Å²) in [4.78, 5) is 11.2. The van der Waals surface area contributed by atoms with Crippen LogP contribution in [0.4, 0.5) is 4.39 Å². The molecule has 0 fully saturated rings. The second-order valence-corrected chi connectivity index (χ2v) is 9.53. The minimum atomic E-state index is -1.06. The molecule has 7 heteroatoms. The molecule has 0 spiro atoms. The van der Waals surface area contributed by atoms with Crippen molar-refractivity contribution in [1.29, 1.82) is 0 Å². The topological polar surface area (TPSA) is 73.6 Å². The van der Waals surface area contributed by atoms with E-state index in [1.54, 1.807) is 19.2 Å². The highest BCUT2D eigenvalue weighted by atomic mass is 19.1. The Morgan fingerprint density at radius 1 is 1.00 bits per heavy atom. The number of para-hydroxylation sites is 1. The molecule has 36 heavy (non-hydrogen) atoms. The van der Waals surface area contributed by atoms with Crippen LogP contribution in [0.2, 0.25) is 0 Å². The number of hydrogen-bond donors (Lipinski definition) is 1. The Hall–Kier alpha value is -4.13. The Kier molecular flexibility index (Phi) is 7.10. The van der Waals surface area contributed by atoms with Crippen LogP contribution in [0.15, 0.2) is 72.8 Å². The monoisotopic (exact) mass is 488 g/mol. The predicted octanol–water partition coefficient (Wildman–Crippen LogP) is 6.17. The van der Waals surface area contributed by atoms with Crippen LogP contribution in [0.5, 0.6) is 11.5 Å². The van der Waals surface area contributed by atoms with Gasteiger partial charge in [0.15, 0.2) is 6.61 Å². The van der Waals surface area contributed by atoms with Gasteiger partial charge >= 0.3 is 5.97 Å². The van der Waals surface area contributed by atoms with Gasteiger partial charge < -0.3 is 14.6 Å². The summed E-state index contributed by atoms with van der Waals surface area (Å²) in [6.45, 7) is 6.20. The van der Waals surface area contributed by atoms with Crippen molar-refractivity contribution in [3.05, 3.63) is 89.7 Å². The molecule has 0 amide bonds. The van der Waals surface area contributed by atoms with Crippen molar-refractivity contribution in [3.63, 3.8) is 0 Å². The van der Waals surface area contributed by atoms with Gasteiger partial charge in [0.2, 0.25) is 0 Å². The van der Waals surface area contributed by atoms with Gasteiger partial charge in [-0.05, 0) is 59.5 Å². The van der Waals surface area contributed by atoms with Crippen LogP contribution >= 0.6 is 0 Å². The van der Waals surface area contributed by atoms with Crippen LogP contribution in [-0.4, -0.2) is 34.6 Å². The van der Waals surface area contributed by atoms with Gasteiger partial charge in [-0.25, -0.2) is 9.18 Å². The highest BCUT2D eigenvalue weighted by Crippen LogP contribution is 2.36. The van der Waals surface area contributed by atoms with Crippen molar-refractivity contribution in [1.82, 2.24) is 9.78 Å². The third-order valence-corrected chi connectivity index (χ3v) is 5.91. The highest BCUT2D eigenvalue weighted by molar-refractivity contribution is 5.74. The molecule has 6 nitrogen and oxygen atoms in total. The molecule has 0 atom stereocenters. The third-order valence-electron chi connectivity index (χ3n) is 5.91. The van der Waals surface area contributed by atoms with Crippen molar-refractivity contribution >= 4 is 5.97 Å². The molecular formula is C29H29FN2O4. The molecule has 1 N–H and O–H groups in total. The standard InChI is InChI=1S/C29H29FN2O4/c1-29(2,3)21-11-14-23(27(15-21)36-18-28(33)34)24-16-25(19-9-12-22(30)13-10-19)32(31-24)17-20-7-5-6-8-26(20)35-4/h5-16H,17-18H2,1-4H3,(H,33,34). The van der Waals surface area contributed by atoms with E-state index in [0.717, 1.165) is 28.1 Å². The van der Waals surface area contributed by atoms with Crippen LogP contribution in [0, 0.1) is 5.82 Å². The van der Waals surface area contributed by atoms with Gasteiger partial charge in [-0.1, -0.05) is 45.0 Å². The summed E-state index contributed by atoms with van der Waals surface area (Å²) in [5, 5.41) is 14.1. The summed E-state index contributed by atoms with van der Waals surface area (Å²) in [5.74, 6) is -0.204. The van der Waals surface area contributed by atoms with E-state index in [2.05, 4.69) is 20.8 Å². The zero-order valence-electron chi connectivity index (χ0n) is 20.8. The summed E-state index contributed by atoms with van der Waals surface area (Å²) >= 11 is 0. The molecule has 0 unspecified atom stereocenters. The predicted molar refractivity (Wildman–Crippen MR) is 137 cm³/mol. The fourth-order valence-corrected chi connectivity index (χ4v) is 3.98. The molecule has 1 aromatic heterocycles. The summed E-state index contributed by atoms with van der Waals surface area (Å²) < 4.78 is 26.7. The molecule has 0 aliphatic rings. The summed E-state index contributed by atoms with van der Waals surface area (Å²) in [6.07, 6.45) is 0. The Balaban J connectivity index is 1.85. The second-order valence-electron chi connectivity index (χ2n) is 9.53. The number of nitrogens with zero attached hydrogens (tertiary/aromatic N) is 2. The van der Waals surface area contributed by atoms with Gasteiger partial charge in [0.05, 0.1) is 25.0 Å². The average Bonchev–Trinajstić information content (AvgIpc) is 3.26. The van der Waals surface area contributed by atoms with Crippen LogP contribution in [0.3, 0.4) is 0 Å². The lowest BCUT2D eigenvalue weighted by atomic mass is 9.86. The molecule has 0 saturated carbocycles. The molecular weight excluding hydrogens is 459 g/mol. The molecule has 0 bridgehead atoms. The average molecular weight is 489 g/mol. The van der Waals surface area contributed by atoms with Gasteiger partial charge in [0.25, 0.3) is 0 Å². The molecule has 1 heterocycles. The first-order valence-electron chi connectivity index (χ1n) is 11.6. The van der Waals surface area contributed by atoms with E-state index in [-0.39, 0.29) is 11.2 Å². The second kappa shape index (κ2) is 10.2. The minimum absolute atomic E-state index is 0.150. The van der Waals surface area contributed by atoms with E-state index in [9.17, 15) is 14.3 Å². The first-order chi connectivity index (χ1) is 17.2. The highest BCUT2D eigenvalue weighted by Gasteiger charge is 2.20. The number of carboxylic acid groups (broad SMARTS) is 1. The maximum Gasteiger partial charge on any atom is 0.341 e. The molecule has 4 aromatic rings. The number of methoxy groups -OCH3 is 1. The number of aliphatic carboxylic acids is 1. The number of hydrogen-bond acceptors (Lipinski definition) is 4. The van der Waals surface area contributed by atoms with Crippen molar-refractivity contribution in [2.45, 2.75) is 32.7 Å². The molecule has 0 saturated heterocycles. The number of benzene rings is 3. The maximum atomic E-state index is 13.7. The minimum Gasteiger partial charge on any atom is -0.496 e. The Bertz CT molecular complexity index is 1370. The number of rotatable bonds is 8. The molecule has 0 aliphatic heterocycles. The van der Waals surface area contributed by atoms with Crippen molar-refractivity contribution < 1.29 is 23.8 Å². The number of halogens is 1. The van der Waals surface area contributed by atoms with Crippen LogP contribution < -0.4 is 9.47 Å². The summed E-state index contributed by atoms with van der Waals surface area (Å²) in [5.41, 5.74) is 4.66. The van der Waals surface area contributed by atoms with Gasteiger partial charge in [-0.3, -0.25) is 4.68 Å². The Morgan fingerprint density at radius 2 is 1.72 bits per heavy atom. The number of aromatic nitrogens is 2. The lowest BCUT2D eigenvalue weighted by Gasteiger charge is -2.21. The first-order valence-corrected chi connectivity index (χ1v) is 11.6. The quantitative estimate of drug-likeness (QED) is 0.321. The van der Waals surface area contributed by atoms with E-state index in [0.29, 0.717) is 23.6 Å². The number of ether oxygens (including phenoxy) is 2. The van der Waals surface area contributed by atoms with Crippen LogP contribution in [-0.2, 0) is 16.8 Å². The fourth-order valence-electron chi connectivity index (χ4n) is 3.98. The third kappa shape index (κ3) is 5.57. The van der Waals surface area contributed by atoms with Crippen LogP contribution in [0.1, 0.15) is 31.9 Å². The van der Waals surface area contributed by atoms with E-state index in [1.807, 2.05) is 53.2 Å². The van der Waals surface area contributed by atoms with Gasteiger partial charge in [-0.15, -0.1) is 0 Å². The zero-order chi connectivity index (χ0) is 25.9. The largest absolute Gasteiger partial charge is 0.496 e. The van der Waals surface area contributed by atoms with E-state index < -0.39 is 12.6 Å². The Labute approximate surface area is 209 Å². The van der Waals surface area contributed by atoms with Crippen molar-refractivity contribution in [3.8, 4) is 34.0 Å². The van der Waals surface area contributed by atoms with Gasteiger partial charge in [0.1, 0.15) is 17.3 Å². The summed E-state index contributed by atoms with van der Waals surface area (Å²) in [6, 6.07) is 21.6. The van der Waals surface area contributed by atoms with Crippen molar-refractivity contribution in [2.24, 2.45) is 0 Å². The van der Waals surface area contributed by atoms with E-state index in [1.165, 1.54) is 12.1 Å². The molecule has 4 rings (SSSR count). The SMILES string of the molecule is COc1ccccc1Cn1nc(-c2ccc(C(C)(C)C)cc2OCC(=O)O)cc1-c1ccc(F)cc1. The number of carboxylic acids is 1. The number of carbonyl (C=O) groups is 1. The molecule has 3 aromatic carbocycles. The van der Waals surface area contributed by atoms with E-state index in [4.69, 9.17) is 14.6 Å². The molecule has 0 radical (unpaired) electrons. The molecule has 0 aliphatic carbocycles. The zero-order valence-corrected chi connectivity index (χ0v) is 20.8. The maximum absolute atomic E-state index is 13.7. The Morgan fingerprint density at radius 3 is 2.39 bits per heavy atom. The summed E-state index contributed by atoms with van der Waals surface area (Å²) in [7, 11) is 1.62. The molecule has 186 valence electrons. The van der Waals surface area contributed by atoms with Crippen molar-refractivity contribution in [2.75, 3.05) is 13.7 Å². The van der Waals surface area contributed by atoms with E-state index >= 15 is 0 Å². The fraction of sp³-hybridized carbons (Fsp3) is 0.241.